The Morgan fingerprint density at radius 3 is 1.14 bits per heavy atom. The summed E-state index contributed by atoms with van der Waals surface area (Å²) in [6.45, 7) is 6.97. The van der Waals surface area contributed by atoms with Crippen LogP contribution in [-0.2, 0) is 20.5 Å². The normalized spacial score (nSPS) is 11.5. The molecule has 0 unspecified atom stereocenters. The van der Waals surface area contributed by atoms with Gasteiger partial charge in [-0.3, -0.25) is 4.98 Å². The lowest BCUT2D eigenvalue weighted by Crippen LogP contribution is -2.11. The molecule has 0 radical (unpaired) electrons. The van der Waals surface area contributed by atoms with Crippen molar-refractivity contribution in [3.05, 3.63) is 261 Å². The molecule has 12 rings (SSSR count). The largest absolute Gasteiger partial charge is 0.334 e. The number of rotatable bonds is 12. The highest BCUT2D eigenvalue weighted by molar-refractivity contribution is 5.95. The molecule has 0 aliphatic heterocycles. The van der Waals surface area contributed by atoms with Crippen LogP contribution in [0.1, 0.15) is 26.3 Å². The summed E-state index contributed by atoms with van der Waals surface area (Å²) < 4.78 is 4.12. The Kier molecular flexibility index (Phi) is 13.0. The number of imidazole rings is 2. The molecule has 9 aromatic carbocycles. The molecule has 3 aromatic heterocycles. The van der Waals surface area contributed by atoms with Gasteiger partial charge in [0.05, 0.1) is 5.69 Å². The Bertz CT molecular complexity index is 3900. The maximum Gasteiger partial charge on any atom is 0.139 e. The molecule has 0 aliphatic rings. The van der Waals surface area contributed by atoms with Crippen molar-refractivity contribution in [1.29, 1.82) is 0 Å². The van der Waals surface area contributed by atoms with Crippen molar-refractivity contribution in [3.8, 4) is 123 Å². The number of hydrogen-bond acceptors (Lipinski definition) is 3. The van der Waals surface area contributed by atoms with Gasteiger partial charge < -0.3 is 9.13 Å². The first kappa shape index (κ1) is 48.5. The number of nitrogens with zero attached hydrogens (tertiary/aromatic N) is 5. The first-order chi connectivity index (χ1) is 37.6. The first-order valence-electron chi connectivity index (χ1n) is 26.5. The molecule has 0 atom stereocenters. The summed E-state index contributed by atoms with van der Waals surface area (Å²) in [6.07, 6.45) is 10.7. The van der Waals surface area contributed by atoms with Crippen molar-refractivity contribution in [3.63, 3.8) is 0 Å². The summed E-state index contributed by atoms with van der Waals surface area (Å²) in [5, 5.41) is 0. The standard InChI is InChI=1S/C72H59N5/c1-72(2,3)47-61-46-69(57-19-15-18-56(42-57)51-28-26-50(27-29-51)49-16-7-6-8-17-49)75-48-68(61)67-25-14-13-24-66(67)60-44-58(64-22-11-9-20-62(64)52-30-34-54(35-31-52)70-73-38-40-76(70)4)43-59(45-60)65-23-12-10-21-63(65)53-32-36-55(37-33-53)71-74-39-41-77(71)5/h6-46,48H,47H2,1-5H3. The van der Waals surface area contributed by atoms with E-state index in [2.05, 4.69) is 271 Å². The third-order valence-corrected chi connectivity index (χ3v) is 14.7. The summed E-state index contributed by atoms with van der Waals surface area (Å²) >= 11 is 0. The van der Waals surface area contributed by atoms with Gasteiger partial charge in [-0.05, 0) is 131 Å². The average molecular weight is 994 g/mol. The molecular formula is C72H59N5. The topological polar surface area (TPSA) is 48.5 Å². The minimum atomic E-state index is 0.0102. The van der Waals surface area contributed by atoms with Gasteiger partial charge in [0.15, 0.2) is 0 Å². The van der Waals surface area contributed by atoms with Gasteiger partial charge in [-0.1, -0.05) is 215 Å². The highest BCUT2D eigenvalue weighted by Crippen LogP contribution is 2.44. The Labute approximate surface area is 452 Å². The van der Waals surface area contributed by atoms with E-state index < -0.39 is 0 Å². The summed E-state index contributed by atoms with van der Waals surface area (Å²) in [6, 6.07) is 81.8. The van der Waals surface area contributed by atoms with Crippen LogP contribution in [0.2, 0.25) is 0 Å². The average Bonchev–Trinajstić information content (AvgIpc) is 4.15. The SMILES string of the molecule is Cn1ccnc1-c1ccc(-c2ccccc2-c2cc(-c3ccccc3-c3ccc(-c4nccn4C)cc3)cc(-c3ccccc3-c3cnc(-c4cccc(-c5ccc(-c6ccccc6)cc5)c4)cc3CC(C)(C)C)c2)cc1. The van der Waals surface area contributed by atoms with E-state index in [4.69, 9.17) is 4.98 Å². The van der Waals surface area contributed by atoms with Crippen LogP contribution in [-0.4, -0.2) is 24.1 Å². The number of pyridine rings is 1. The lowest BCUT2D eigenvalue weighted by atomic mass is 9.82. The van der Waals surface area contributed by atoms with Crippen molar-refractivity contribution >= 4 is 0 Å². The fourth-order valence-electron chi connectivity index (χ4n) is 10.9. The molecule has 0 spiro atoms. The second-order valence-electron chi connectivity index (χ2n) is 21.3. The summed E-state index contributed by atoms with van der Waals surface area (Å²) in [5.74, 6) is 1.88. The fourth-order valence-corrected chi connectivity index (χ4v) is 10.9. The van der Waals surface area contributed by atoms with E-state index in [0.29, 0.717) is 0 Å². The monoisotopic (exact) mass is 993 g/mol. The Morgan fingerprint density at radius 1 is 0.312 bits per heavy atom. The molecular weight excluding hydrogens is 935 g/mol. The molecule has 5 nitrogen and oxygen atoms in total. The van der Waals surface area contributed by atoms with Crippen molar-refractivity contribution in [2.75, 3.05) is 0 Å². The molecule has 0 amide bonds. The van der Waals surface area contributed by atoms with Crippen molar-refractivity contribution in [2.24, 2.45) is 19.5 Å². The van der Waals surface area contributed by atoms with Gasteiger partial charge in [-0.25, -0.2) is 9.97 Å². The quantitative estimate of drug-likeness (QED) is 0.123. The van der Waals surface area contributed by atoms with Crippen LogP contribution >= 0.6 is 0 Å². The van der Waals surface area contributed by atoms with Crippen LogP contribution in [0.15, 0.2) is 255 Å². The molecule has 372 valence electrons. The third-order valence-electron chi connectivity index (χ3n) is 14.7. The smallest absolute Gasteiger partial charge is 0.139 e. The molecule has 3 heterocycles. The second kappa shape index (κ2) is 20.7. The van der Waals surface area contributed by atoms with Crippen molar-refractivity contribution < 1.29 is 0 Å². The van der Waals surface area contributed by atoms with E-state index in [1.165, 1.54) is 22.3 Å². The third kappa shape index (κ3) is 10.1. The van der Waals surface area contributed by atoms with Crippen LogP contribution in [0.4, 0.5) is 0 Å². The minimum absolute atomic E-state index is 0.0102. The van der Waals surface area contributed by atoms with Gasteiger partial charge in [0.1, 0.15) is 11.6 Å². The van der Waals surface area contributed by atoms with E-state index in [1.807, 2.05) is 38.9 Å². The zero-order valence-corrected chi connectivity index (χ0v) is 44.2. The van der Waals surface area contributed by atoms with E-state index in [0.717, 1.165) is 113 Å². The van der Waals surface area contributed by atoms with E-state index in [1.54, 1.807) is 0 Å². The second-order valence-corrected chi connectivity index (χ2v) is 21.3. The van der Waals surface area contributed by atoms with Gasteiger partial charge in [-0.2, -0.15) is 0 Å². The molecule has 12 aromatic rings. The molecule has 0 saturated heterocycles. The predicted octanol–water partition coefficient (Wildman–Crippen LogP) is 18.5. The lowest BCUT2D eigenvalue weighted by Gasteiger charge is -2.23. The molecule has 0 saturated carbocycles. The first-order valence-corrected chi connectivity index (χ1v) is 26.5. The van der Waals surface area contributed by atoms with Crippen molar-refractivity contribution in [1.82, 2.24) is 24.1 Å². The van der Waals surface area contributed by atoms with Crippen LogP contribution in [0.25, 0.3) is 123 Å². The Morgan fingerprint density at radius 2 is 0.675 bits per heavy atom. The number of benzene rings is 9. The molecule has 0 fully saturated rings. The lowest BCUT2D eigenvalue weighted by molar-refractivity contribution is 0.411. The number of aryl methyl sites for hydroxylation is 2. The number of aromatic nitrogens is 5. The maximum atomic E-state index is 5.30. The highest BCUT2D eigenvalue weighted by atomic mass is 15.0. The van der Waals surface area contributed by atoms with Gasteiger partial charge in [0.25, 0.3) is 0 Å². The Balaban J connectivity index is 0.981. The minimum Gasteiger partial charge on any atom is -0.334 e. The summed E-state index contributed by atoms with van der Waals surface area (Å²) in [5.41, 5.74) is 24.0. The summed E-state index contributed by atoms with van der Waals surface area (Å²) in [7, 11) is 4.07. The number of hydrogen-bond donors (Lipinski definition) is 0. The summed E-state index contributed by atoms with van der Waals surface area (Å²) in [4.78, 5) is 14.6. The van der Waals surface area contributed by atoms with Crippen LogP contribution in [0.3, 0.4) is 0 Å². The van der Waals surface area contributed by atoms with Gasteiger partial charge in [-0.15, -0.1) is 0 Å². The fraction of sp³-hybridized carbons (Fsp3) is 0.0972. The van der Waals surface area contributed by atoms with Crippen molar-refractivity contribution in [2.45, 2.75) is 27.2 Å². The van der Waals surface area contributed by atoms with E-state index in [9.17, 15) is 0 Å². The predicted molar refractivity (Wildman–Crippen MR) is 321 cm³/mol. The molecule has 0 bridgehead atoms. The molecule has 77 heavy (non-hydrogen) atoms. The zero-order chi connectivity index (χ0) is 52.5. The highest BCUT2D eigenvalue weighted by Gasteiger charge is 2.21. The van der Waals surface area contributed by atoms with E-state index >= 15 is 0 Å². The zero-order valence-electron chi connectivity index (χ0n) is 44.2. The maximum absolute atomic E-state index is 5.30. The van der Waals surface area contributed by atoms with Gasteiger partial charge in [0, 0.05) is 67.3 Å². The van der Waals surface area contributed by atoms with Crippen LogP contribution in [0.5, 0.6) is 0 Å². The molecule has 0 aliphatic carbocycles. The van der Waals surface area contributed by atoms with Gasteiger partial charge in [0.2, 0.25) is 0 Å². The van der Waals surface area contributed by atoms with Crippen LogP contribution in [0, 0.1) is 5.41 Å². The molecule has 5 heteroatoms. The Hall–Kier alpha value is -9.45. The molecule has 0 N–H and O–H groups in total. The van der Waals surface area contributed by atoms with Crippen LogP contribution < -0.4 is 0 Å². The van der Waals surface area contributed by atoms with Gasteiger partial charge >= 0.3 is 0 Å². The van der Waals surface area contributed by atoms with E-state index in [-0.39, 0.29) is 5.41 Å².